The summed E-state index contributed by atoms with van der Waals surface area (Å²) in [5.74, 6) is 0. The summed E-state index contributed by atoms with van der Waals surface area (Å²) in [6, 6.07) is 7.95. The Balaban J connectivity index is -0.000000261. The molecule has 0 radical (unpaired) electrons. The van der Waals surface area contributed by atoms with Crippen LogP contribution in [-0.2, 0) is 25.5 Å². The zero-order chi connectivity index (χ0) is 34.5. The molecule has 2 aliphatic rings. The first-order valence-electron chi connectivity index (χ1n) is 18.2. The normalized spacial score (nSPS) is 16.2. The fourth-order valence-electron chi connectivity index (χ4n) is 5.94. The second-order valence-electron chi connectivity index (χ2n) is 12.9. The van der Waals surface area contributed by atoms with E-state index in [9.17, 15) is 0 Å². The Labute approximate surface area is 306 Å². The van der Waals surface area contributed by atoms with Crippen LogP contribution in [0.25, 0.3) is 0 Å². The molecule has 8 nitrogen and oxygen atoms in total. The van der Waals surface area contributed by atoms with Gasteiger partial charge < -0.3 is 45.3 Å². The maximum atomic E-state index is 5.41. The minimum atomic E-state index is 0. The van der Waals surface area contributed by atoms with Crippen molar-refractivity contribution in [1.29, 1.82) is 0 Å². The number of aromatic nitrogens is 2. The van der Waals surface area contributed by atoms with Crippen LogP contribution in [0.4, 0.5) is 0 Å². The van der Waals surface area contributed by atoms with Crippen molar-refractivity contribution in [2.24, 2.45) is 0 Å². The quantitative estimate of drug-likeness (QED) is 0.145. The molecular formula is C41H87N4O4+. The van der Waals surface area contributed by atoms with Gasteiger partial charge in [-0.25, -0.2) is 0 Å². The molecule has 3 atom stereocenters. The van der Waals surface area contributed by atoms with Gasteiger partial charge in [-0.2, -0.15) is 0 Å². The number of hydrogen-bond donors (Lipinski definition) is 2. The molecule has 0 saturated carbocycles. The lowest BCUT2D eigenvalue weighted by Crippen LogP contribution is -3.11. The smallest absolute Gasteiger partial charge is 0.106 e. The molecule has 0 aromatic carbocycles. The fraction of sp³-hybridized carbons (Fsp3) is 0.780. The van der Waals surface area contributed by atoms with Crippen LogP contribution in [0, 0.1) is 7.43 Å². The topological polar surface area (TPSA) is 62.1 Å². The van der Waals surface area contributed by atoms with Crippen LogP contribution in [0.3, 0.4) is 0 Å². The highest BCUT2D eigenvalue weighted by atomic mass is 16.5. The van der Waals surface area contributed by atoms with E-state index in [0.29, 0.717) is 24.4 Å². The molecule has 2 aromatic rings. The first-order valence-corrected chi connectivity index (χ1v) is 18.2. The Kier molecular flexibility index (Phi) is 39.9. The van der Waals surface area contributed by atoms with Crippen molar-refractivity contribution in [2.75, 3.05) is 74.8 Å². The number of methoxy groups -OCH3 is 4. The van der Waals surface area contributed by atoms with Gasteiger partial charge >= 0.3 is 0 Å². The van der Waals surface area contributed by atoms with Crippen molar-refractivity contribution in [1.82, 2.24) is 9.55 Å². The molecule has 4 heterocycles. The Morgan fingerprint density at radius 2 is 1.06 bits per heavy atom. The van der Waals surface area contributed by atoms with Crippen LogP contribution in [0.15, 0.2) is 49.1 Å². The molecule has 294 valence electrons. The zero-order valence-corrected chi connectivity index (χ0v) is 32.8. The van der Waals surface area contributed by atoms with E-state index in [1.165, 1.54) is 69.4 Å². The summed E-state index contributed by atoms with van der Waals surface area (Å²) in [6.45, 7) is 19.6. The second-order valence-corrected chi connectivity index (χ2v) is 12.9. The van der Waals surface area contributed by atoms with Gasteiger partial charge in [-0.15, -0.1) is 0 Å². The number of ether oxygens (including phenoxy) is 4. The maximum Gasteiger partial charge on any atom is 0.106 e. The van der Waals surface area contributed by atoms with Crippen LogP contribution in [0.1, 0.15) is 107 Å². The third-order valence-electron chi connectivity index (χ3n) is 9.30. The Morgan fingerprint density at radius 3 is 1.39 bits per heavy atom. The Morgan fingerprint density at radius 1 is 0.633 bits per heavy atom. The van der Waals surface area contributed by atoms with Crippen LogP contribution in [0.2, 0.25) is 0 Å². The van der Waals surface area contributed by atoms with Crippen molar-refractivity contribution >= 4 is 0 Å². The highest BCUT2D eigenvalue weighted by molar-refractivity contribution is 4.90. The minimum absolute atomic E-state index is 0. The molecule has 0 aliphatic carbocycles. The van der Waals surface area contributed by atoms with Crippen LogP contribution < -0.4 is 4.90 Å². The number of nitrogens with one attached hydrogen (secondary N) is 2. The van der Waals surface area contributed by atoms with E-state index >= 15 is 0 Å². The summed E-state index contributed by atoms with van der Waals surface area (Å²) in [5.41, 5.74) is 0. The van der Waals surface area contributed by atoms with E-state index in [-0.39, 0.29) is 22.3 Å². The number of rotatable bonds is 15. The summed E-state index contributed by atoms with van der Waals surface area (Å²) in [6.07, 6.45) is 20.9. The molecule has 4 rings (SSSR count). The lowest BCUT2D eigenvalue weighted by atomic mass is 10.2. The van der Waals surface area contributed by atoms with Gasteiger partial charge in [-0.1, -0.05) is 49.5 Å². The van der Waals surface area contributed by atoms with E-state index < -0.39 is 0 Å². The number of aromatic amines is 1. The van der Waals surface area contributed by atoms with E-state index in [4.69, 9.17) is 18.9 Å². The van der Waals surface area contributed by atoms with Crippen molar-refractivity contribution in [3.8, 4) is 0 Å². The lowest BCUT2D eigenvalue weighted by Gasteiger charge is -2.32. The van der Waals surface area contributed by atoms with E-state index in [2.05, 4.69) is 63.6 Å². The van der Waals surface area contributed by atoms with E-state index in [0.717, 1.165) is 38.6 Å². The zero-order valence-electron chi connectivity index (χ0n) is 32.8. The molecule has 2 N–H and O–H groups in total. The Bertz CT molecular complexity index is 799. The number of H-pyrrole nitrogens is 1. The molecule has 0 spiro atoms. The average Bonchev–Trinajstić information content (AvgIpc) is 3.94. The van der Waals surface area contributed by atoms with Gasteiger partial charge in [0, 0.05) is 85.5 Å². The SMILES string of the molecule is C.C.CCC(CC)OC.CCC(C[N+]1(C)CCCC1)OC.CCC(C[NH+]1CCCC1)OC.CCC(Cn1cccc1)OC.[CH3-].c1cc[nH]c1. The summed E-state index contributed by atoms with van der Waals surface area (Å²) < 4.78 is 24.4. The molecule has 2 fully saturated rings. The first kappa shape index (κ1) is 54.1. The van der Waals surface area contributed by atoms with Crippen molar-refractivity contribution in [2.45, 2.75) is 138 Å². The standard InChI is InChI=1S/C10H22NO.C9H19NO.C9H15NO.C6H14O.C4H5N.2CH4.CH3/c1-4-10(12-3)9-11(2)7-5-6-8-11;2*1-3-9(11-2)8-10-6-4-5-7-10;1-4-6(5-2)7-3;1-2-4-5-3-1;;;/h10H,4-9H2,1-3H3;9H,3-8H2,1-2H3;4-7,9H,3,8H2,1-2H3;6H,4-5H2,1-3H3;1-5H;2*1H4;1H3/q+1;;;;;;;-1/p+1. The number of likely N-dealkylation sites (tertiary alicyclic amines) is 2. The summed E-state index contributed by atoms with van der Waals surface area (Å²) in [5, 5.41) is 0. The molecule has 2 saturated heterocycles. The van der Waals surface area contributed by atoms with Gasteiger partial charge in [0.2, 0.25) is 0 Å². The predicted molar refractivity (Wildman–Crippen MR) is 215 cm³/mol. The molecule has 0 bridgehead atoms. The molecule has 2 aliphatic heterocycles. The number of quaternary nitrogens is 2. The molecular weight excluding hydrogens is 612 g/mol. The molecule has 2 aromatic heterocycles. The lowest BCUT2D eigenvalue weighted by molar-refractivity contribution is -0.900. The van der Waals surface area contributed by atoms with Crippen molar-refractivity contribution < 1.29 is 28.3 Å². The summed E-state index contributed by atoms with van der Waals surface area (Å²) in [7, 11) is 9.53. The Hall–Kier alpha value is -1.68. The molecule has 8 heteroatoms. The fourth-order valence-corrected chi connectivity index (χ4v) is 5.94. The number of likely N-dealkylation sites (N-methyl/N-ethyl adjacent to an activating group) is 1. The van der Waals surface area contributed by atoms with Gasteiger partial charge in [0.15, 0.2) is 0 Å². The summed E-state index contributed by atoms with van der Waals surface area (Å²) >= 11 is 0. The second kappa shape index (κ2) is 36.1. The van der Waals surface area contributed by atoms with Crippen molar-refractivity contribution in [3.05, 3.63) is 56.5 Å². The third-order valence-corrected chi connectivity index (χ3v) is 9.30. The largest absolute Gasteiger partial charge is 0.381 e. The highest BCUT2D eigenvalue weighted by Crippen LogP contribution is 2.18. The van der Waals surface area contributed by atoms with Gasteiger partial charge in [0.1, 0.15) is 25.3 Å². The van der Waals surface area contributed by atoms with Gasteiger partial charge in [-0.05, 0) is 56.4 Å². The average molecular weight is 700 g/mol. The first-order chi connectivity index (χ1) is 22.3. The number of nitrogens with zero attached hydrogens (tertiary/aromatic N) is 2. The van der Waals surface area contributed by atoms with Crippen LogP contribution in [-0.4, -0.2) is 113 Å². The monoisotopic (exact) mass is 700 g/mol. The van der Waals surface area contributed by atoms with Gasteiger partial charge in [0.25, 0.3) is 0 Å². The van der Waals surface area contributed by atoms with Gasteiger partial charge in [0.05, 0.1) is 45.4 Å². The van der Waals surface area contributed by atoms with Crippen LogP contribution in [0.5, 0.6) is 0 Å². The molecule has 49 heavy (non-hydrogen) atoms. The molecule has 3 unspecified atom stereocenters. The molecule has 0 amide bonds. The minimum Gasteiger partial charge on any atom is -0.381 e. The van der Waals surface area contributed by atoms with Crippen LogP contribution >= 0.6 is 0 Å². The van der Waals surface area contributed by atoms with Crippen molar-refractivity contribution in [3.63, 3.8) is 0 Å². The highest BCUT2D eigenvalue weighted by Gasteiger charge is 2.29. The van der Waals surface area contributed by atoms with E-state index in [1.807, 2.05) is 50.9 Å². The van der Waals surface area contributed by atoms with Gasteiger partial charge in [-0.3, -0.25) is 0 Å². The third kappa shape index (κ3) is 27.7. The van der Waals surface area contributed by atoms with E-state index in [1.54, 1.807) is 19.1 Å². The predicted octanol–water partition coefficient (Wildman–Crippen LogP) is 8.21. The summed E-state index contributed by atoms with van der Waals surface area (Å²) in [4.78, 5) is 4.60. The number of hydrogen-bond acceptors (Lipinski definition) is 4. The maximum absolute atomic E-state index is 5.41.